The number of aliphatic hydroxyl groups is 9. The van der Waals surface area contributed by atoms with Crippen LogP contribution in [-0.2, 0) is 6.42 Å². The summed E-state index contributed by atoms with van der Waals surface area (Å²) in [6.07, 6.45) is -9.49. The van der Waals surface area contributed by atoms with Gasteiger partial charge in [-0.05, 0) is 0 Å². The van der Waals surface area contributed by atoms with E-state index in [1.807, 2.05) is 0 Å². The molecule has 0 bridgehead atoms. The molecule has 1 rings (SSSR count). The first-order valence-electron chi connectivity index (χ1n) is 7.51. The third-order valence-electron chi connectivity index (χ3n) is 3.68. The fraction of sp³-hybridized carbons (Fsp3) is 0.714. The van der Waals surface area contributed by atoms with Gasteiger partial charge in [0.15, 0.2) is 0 Å². The predicted molar refractivity (Wildman–Crippen MR) is 80.9 cm³/mol. The summed E-state index contributed by atoms with van der Waals surface area (Å²) < 4.78 is 0. The SMILES string of the molecule is OCC(O)C(O)C(O)Cc1cnc(C(O)C(O)C(O)C(O)CO)cn1. The van der Waals surface area contributed by atoms with Gasteiger partial charge in [-0.1, -0.05) is 0 Å². The quantitative estimate of drug-likeness (QED) is 0.192. The van der Waals surface area contributed by atoms with Crippen molar-refractivity contribution in [1.29, 1.82) is 0 Å². The third-order valence-corrected chi connectivity index (χ3v) is 3.68. The van der Waals surface area contributed by atoms with E-state index in [0.717, 1.165) is 12.4 Å². The van der Waals surface area contributed by atoms with Crippen molar-refractivity contribution < 1.29 is 46.0 Å². The molecular formula is C14H24N2O9. The maximum Gasteiger partial charge on any atom is 0.126 e. The Kier molecular flexibility index (Phi) is 8.71. The number of aromatic nitrogens is 2. The molecule has 0 saturated heterocycles. The zero-order valence-electron chi connectivity index (χ0n) is 13.2. The van der Waals surface area contributed by atoms with Crippen LogP contribution in [0.5, 0.6) is 0 Å². The first kappa shape index (κ1) is 21.8. The van der Waals surface area contributed by atoms with Crippen LogP contribution in [-0.4, -0.2) is 106 Å². The van der Waals surface area contributed by atoms with Gasteiger partial charge >= 0.3 is 0 Å². The molecule has 7 unspecified atom stereocenters. The van der Waals surface area contributed by atoms with Crippen molar-refractivity contribution in [2.75, 3.05) is 13.2 Å². The third kappa shape index (κ3) is 5.88. The monoisotopic (exact) mass is 364 g/mol. The summed E-state index contributed by atoms with van der Waals surface area (Å²) in [7, 11) is 0. The number of nitrogens with zero attached hydrogens (tertiary/aromatic N) is 2. The van der Waals surface area contributed by atoms with Gasteiger partial charge in [-0.15, -0.1) is 0 Å². The Morgan fingerprint density at radius 3 is 1.72 bits per heavy atom. The molecular weight excluding hydrogens is 340 g/mol. The number of aliphatic hydroxyl groups excluding tert-OH is 9. The Hall–Kier alpha value is -1.28. The fourth-order valence-corrected chi connectivity index (χ4v) is 2.02. The highest BCUT2D eigenvalue weighted by Crippen LogP contribution is 2.18. The van der Waals surface area contributed by atoms with Crippen LogP contribution in [0, 0.1) is 0 Å². The number of hydrogen-bond donors (Lipinski definition) is 9. The van der Waals surface area contributed by atoms with Crippen LogP contribution in [0.3, 0.4) is 0 Å². The maximum absolute atomic E-state index is 9.91. The molecule has 1 aromatic rings. The molecule has 0 amide bonds. The molecule has 144 valence electrons. The summed E-state index contributed by atoms with van der Waals surface area (Å²) in [4.78, 5) is 7.68. The molecule has 0 fully saturated rings. The zero-order valence-corrected chi connectivity index (χ0v) is 13.2. The highest BCUT2D eigenvalue weighted by atomic mass is 16.4. The molecule has 0 aliphatic carbocycles. The Bertz CT molecular complexity index is 504. The van der Waals surface area contributed by atoms with Gasteiger partial charge in [0.25, 0.3) is 0 Å². The standard InChI is InChI=1S/C14H24N2O9/c17-4-9(20)12(23)8(19)1-6-2-16-7(3-15-6)11(22)14(25)13(24)10(21)5-18/h2-3,8-14,17-25H,1,4-5H2. The summed E-state index contributed by atoms with van der Waals surface area (Å²) in [5, 5.41) is 84.5. The molecule has 25 heavy (non-hydrogen) atoms. The van der Waals surface area contributed by atoms with Gasteiger partial charge in [0.2, 0.25) is 0 Å². The van der Waals surface area contributed by atoms with Crippen LogP contribution >= 0.6 is 0 Å². The second-order valence-corrected chi connectivity index (χ2v) is 5.62. The van der Waals surface area contributed by atoms with E-state index < -0.39 is 55.9 Å². The van der Waals surface area contributed by atoms with Gasteiger partial charge < -0.3 is 46.0 Å². The van der Waals surface area contributed by atoms with E-state index in [2.05, 4.69) is 9.97 Å². The van der Waals surface area contributed by atoms with Gasteiger partial charge in [0, 0.05) is 12.6 Å². The second-order valence-electron chi connectivity index (χ2n) is 5.62. The van der Waals surface area contributed by atoms with E-state index >= 15 is 0 Å². The average molecular weight is 364 g/mol. The van der Waals surface area contributed by atoms with Crippen molar-refractivity contribution in [3.05, 3.63) is 23.8 Å². The van der Waals surface area contributed by atoms with E-state index in [0.29, 0.717) is 0 Å². The van der Waals surface area contributed by atoms with E-state index in [1.54, 1.807) is 0 Å². The highest BCUT2D eigenvalue weighted by molar-refractivity contribution is 5.08. The largest absolute Gasteiger partial charge is 0.394 e. The second kappa shape index (κ2) is 10.0. The molecule has 0 radical (unpaired) electrons. The minimum atomic E-state index is -1.82. The van der Waals surface area contributed by atoms with Gasteiger partial charge in [-0.2, -0.15) is 0 Å². The molecule has 0 saturated carbocycles. The summed E-state index contributed by atoms with van der Waals surface area (Å²) in [5.41, 5.74) is 0.0592. The molecule has 0 spiro atoms. The minimum Gasteiger partial charge on any atom is -0.394 e. The Morgan fingerprint density at radius 1 is 0.680 bits per heavy atom. The fourth-order valence-electron chi connectivity index (χ4n) is 2.02. The van der Waals surface area contributed by atoms with Gasteiger partial charge in [-0.25, -0.2) is 0 Å². The smallest absolute Gasteiger partial charge is 0.126 e. The Balaban J connectivity index is 2.72. The molecule has 11 heteroatoms. The van der Waals surface area contributed by atoms with Crippen molar-refractivity contribution in [1.82, 2.24) is 9.97 Å². The molecule has 11 nitrogen and oxygen atoms in total. The number of rotatable bonds is 10. The molecule has 0 aromatic carbocycles. The molecule has 1 heterocycles. The lowest BCUT2D eigenvalue weighted by atomic mass is 10.0. The number of hydrogen-bond acceptors (Lipinski definition) is 11. The Morgan fingerprint density at radius 2 is 1.24 bits per heavy atom. The molecule has 7 atom stereocenters. The summed E-state index contributed by atoms with van der Waals surface area (Å²) in [6, 6.07) is 0. The van der Waals surface area contributed by atoms with E-state index in [1.165, 1.54) is 0 Å². The van der Waals surface area contributed by atoms with Crippen molar-refractivity contribution in [3.63, 3.8) is 0 Å². The van der Waals surface area contributed by atoms with Crippen LogP contribution in [0.1, 0.15) is 17.5 Å². The van der Waals surface area contributed by atoms with Crippen molar-refractivity contribution in [3.8, 4) is 0 Å². The van der Waals surface area contributed by atoms with Crippen molar-refractivity contribution in [2.24, 2.45) is 0 Å². The van der Waals surface area contributed by atoms with Gasteiger partial charge in [-0.3, -0.25) is 9.97 Å². The lowest BCUT2D eigenvalue weighted by molar-refractivity contribution is -0.117. The minimum absolute atomic E-state index is 0.133. The molecule has 0 aliphatic rings. The summed E-state index contributed by atoms with van der Waals surface area (Å²) in [6.45, 7) is -1.54. The first-order chi connectivity index (χ1) is 11.7. The van der Waals surface area contributed by atoms with Crippen LogP contribution < -0.4 is 0 Å². The van der Waals surface area contributed by atoms with Crippen LogP contribution in [0.25, 0.3) is 0 Å². The molecule has 1 aromatic heterocycles. The Labute approximate surface area is 143 Å². The van der Waals surface area contributed by atoms with E-state index in [-0.39, 0.29) is 17.8 Å². The zero-order chi connectivity index (χ0) is 19.1. The van der Waals surface area contributed by atoms with E-state index in [4.69, 9.17) is 10.2 Å². The maximum atomic E-state index is 9.91. The van der Waals surface area contributed by atoms with Crippen molar-refractivity contribution >= 4 is 0 Å². The lowest BCUT2D eigenvalue weighted by Gasteiger charge is -2.25. The summed E-state index contributed by atoms with van der Waals surface area (Å²) in [5.74, 6) is 0. The lowest BCUT2D eigenvalue weighted by Crippen LogP contribution is -2.43. The normalized spacial score (nSPS) is 20.4. The molecule has 0 aliphatic heterocycles. The topological polar surface area (TPSA) is 208 Å². The highest BCUT2D eigenvalue weighted by Gasteiger charge is 2.32. The average Bonchev–Trinajstić information content (AvgIpc) is 2.64. The molecule has 9 N–H and O–H groups in total. The van der Waals surface area contributed by atoms with Gasteiger partial charge in [0.1, 0.15) is 36.6 Å². The van der Waals surface area contributed by atoms with Crippen LogP contribution in [0.2, 0.25) is 0 Å². The van der Waals surface area contributed by atoms with Crippen LogP contribution in [0.4, 0.5) is 0 Å². The summed E-state index contributed by atoms with van der Waals surface area (Å²) >= 11 is 0. The van der Waals surface area contributed by atoms with Gasteiger partial charge in [0.05, 0.1) is 36.9 Å². The van der Waals surface area contributed by atoms with Crippen LogP contribution in [0.15, 0.2) is 12.4 Å². The van der Waals surface area contributed by atoms with Crippen molar-refractivity contribution in [2.45, 2.75) is 49.1 Å². The van der Waals surface area contributed by atoms with E-state index in [9.17, 15) is 35.7 Å². The first-order valence-corrected chi connectivity index (χ1v) is 7.51. The predicted octanol–water partition coefficient (Wildman–Crippen LogP) is -4.80.